The van der Waals surface area contributed by atoms with E-state index >= 15 is 0 Å². The quantitative estimate of drug-likeness (QED) is 0.206. The van der Waals surface area contributed by atoms with E-state index in [1.807, 2.05) is 0 Å². The van der Waals surface area contributed by atoms with Crippen molar-refractivity contribution >= 4 is 35.5 Å². The van der Waals surface area contributed by atoms with E-state index in [0.717, 1.165) is 5.56 Å². The summed E-state index contributed by atoms with van der Waals surface area (Å²) in [7, 11) is 0. The van der Waals surface area contributed by atoms with E-state index in [0.29, 0.717) is 17.7 Å². The van der Waals surface area contributed by atoms with Crippen LogP contribution in [0.25, 0.3) is 0 Å². The number of ether oxygens (including phenoxy) is 1. The highest BCUT2D eigenvalue weighted by Crippen LogP contribution is 2.19. The van der Waals surface area contributed by atoms with Crippen molar-refractivity contribution in [3.63, 3.8) is 0 Å². The highest BCUT2D eigenvalue weighted by atomic mass is 19.4. The smallest absolute Gasteiger partial charge is 0.480 e. The van der Waals surface area contributed by atoms with Crippen LogP contribution in [-0.4, -0.2) is 76.2 Å². The van der Waals surface area contributed by atoms with Gasteiger partial charge in [-0.05, 0) is 26.3 Å². The average Bonchev–Trinajstić information content (AvgIpc) is 3.23. The minimum absolute atomic E-state index is 0.0305. The summed E-state index contributed by atoms with van der Waals surface area (Å²) in [6, 6.07) is 5.59. The molecule has 16 heteroatoms. The van der Waals surface area contributed by atoms with Gasteiger partial charge in [-0.25, -0.2) is 14.4 Å². The van der Waals surface area contributed by atoms with E-state index in [1.54, 1.807) is 45.0 Å². The van der Waals surface area contributed by atoms with E-state index in [1.165, 1.54) is 0 Å². The van der Waals surface area contributed by atoms with Gasteiger partial charge in [0.25, 0.3) is 0 Å². The Morgan fingerprint density at radius 2 is 1.74 bits per heavy atom. The van der Waals surface area contributed by atoms with E-state index in [4.69, 9.17) is 30.6 Å². The zero-order valence-corrected chi connectivity index (χ0v) is 20.6. The number of rotatable bonds is 8. The third-order valence-electron chi connectivity index (χ3n) is 4.41. The molecule has 1 aliphatic heterocycles. The molecule has 0 saturated carbocycles. The number of oxime groups is 1. The number of nitrogen functional groups attached to an aromatic ring is 1. The predicted molar refractivity (Wildman–Crippen MR) is 126 cm³/mol. The highest BCUT2D eigenvalue weighted by Gasteiger charge is 2.38. The number of benzene rings is 1. The summed E-state index contributed by atoms with van der Waals surface area (Å²) in [5.74, 6) is -4.53. The van der Waals surface area contributed by atoms with Crippen molar-refractivity contribution in [1.82, 2.24) is 10.6 Å². The Hall–Kier alpha value is -4.37. The average molecular weight is 547 g/mol. The Morgan fingerprint density at radius 1 is 1.18 bits per heavy atom. The third-order valence-corrected chi connectivity index (χ3v) is 4.41. The molecular weight excluding hydrogens is 519 g/mol. The number of alkyl carbamates (subject to hydrolysis) is 1. The molecule has 38 heavy (non-hydrogen) atoms. The zero-order chi connectivity index (χ0) is 29.3. The highest BCUT2D eigenvalue weighted by molar-refractivity contribution is 6.02. The zero-order valence-electron chi connectivity index (χ0n) is 20.6. The van der Waals surface area contributed by atoms with Gasteiger partial charge in [-0.15, -0.1) is 0 Å². The number of nitrogens with one attached hydrogen (secondary N) is 3. The van der Waals surface area contributed by atoms with Crippen LogP contribution in [0.1, 0.15) is 44.7 Å². The van der Waals surface area contributed by atoms with Crippen molar-refractivity contribution in [2.75, 3.05) is 6.54 Å². The fourth-order valence-corrected chi connectivity index (χ4v) is 2.70. The molecule has 7 N–H and O–H groups in total. The number of carbonyl (C=O) groups excluding carboxylic acids is 2. The second kappa shape index (κ2) is 13.3. The molecule has 2 rings (SSSR count). The van der Waals surface area contributed by atoms with Crippen LogP contribution in [0.5, 0.6) is 0 Å². The molecule has 0 fully saturated rings. The predicted octanol–water partition coefficient (Wildman–Crippen LogP) is 1.58. The number of amidine groups is 1. The molecule has 210 valence electrons. The molecular formula is C22H28F3N5O8. The molecule has 1 aromatic rings. The van der Waals surface area contributed by atoms with Gasteiger partial charge in [0.2, 0.25) is 5.91 Å². The lowest BCUT2D eigenvalue weighted by Crippen LogP contribution is -2.49. The van der Waals surface area contributed by atoms with Crippen molar-refractivity contribution in [3.8, 4) is 0 Å². The number of carboxylic acids is 2. The Morgan fingerprint density at radius 3 is 2.18 bits per heavy atom. The monoisotopic (exact) mass is 547 g/mol. The molecule has 2 atom stereocenters. The fraction of sp³-hybridized carbons (Fsp3) is 0.455. The first-order valence-corrected chi connectivity index (χ1v) is 10.9. The molecule has 0 aromatic heterocycles. The van der Waals surface area contributed by atoms with Crippen molar-refractivity contribution < 1.29 is 52.1 Å². The number of nitrogens with two attached hydrogens (primary N) is 1. The summed E-state index contributed by atoms with van der Waals surface area (Å²) in [5, 5.41) is 32.5. The van der Waals surface area contributed by atoms with Gasteiger partial charge >= 0.3 is 24.2 Å². The van der Waals surface area contributed by atoms with Crippen LogP contribution in [0.2, 0.25) is 0 Å². The number of nitrogens with zero attached hydrogens (tertiary/aromatic N) is 1. The summed E-state index contributed by atoms with van der Waals surface area (Å²) in [5.41, 5.74) is 6.69. The number of carboxylic acid groups (broad SMARTS) is 2. The summed E-state index contributed by atoms with van der Waals surface area (Å²) >= 11 is 0. The Kier molecular flexibility index (Phi) is 11.0. The number of aliphatic carboxylic acids is 2. The molecule has 1 unspecified atom stereocenters. The summed E-state index contributed by atoms with van der Waals surface area (Å²) in [6.45, 7) is 4.65. The summed E-state index contributed by atoms with van der Waals surface area (Å²) < 4.78 is 36.8. The van der Waals surface area contributed by atoms with E-state index in [9.17, 15) is 32.7 Å². The number of hydrogen-bond acceptors (Lipinski definition) is 8. The van der Waals surface area contributed by atoms with Gasteiger partial charge in [0.05, 0.1) is 12.1 Å². The Labute approximate surface area is 214 Å². The first-order chi connectivity index (χ1) is 17.4. The maximum atomic E-state index is 12.2. The maximum absolute atomic E-state index is 12.2. The molecule has 2 amide bonds. The molecule has 1 aromatic carbocycles. The van der Waals surface area contributed by atoms with Crippen molar-refractivity contribution in [2.45, 2.75) is 57.5 Å². The molecule has 0 aliphatic carbocycles. The van der Waals surface area contributed by atoms with Gasteiger partial charge < -0.3 is 36.2 Å². The van der Waals surface area contributed by atoms with Crippen LogP contribution in [0.4, 0.5) is 18.0 Å². The normalized spacial score (nSPS) is 15.5. The van der Waals surface area contributed by atoms with Crippen LogP contribution >= 0.6 is 0 Å². The third kappa shape index (κ3) is 11.6. The molecule has 0 saturated heterocycles. The van der Waals surface area contributed by atoms with Crippen molar-refractivity contribution in [2.24, 2.45) is 10.9 Å². The topological polar surface area (TPSA) is 213 Å². The number of hydrogen-bond donors (Lipinski definition) is 6. The van der Waals surface area contributed by atoms with Gasteiger partial charge in [-0.2, -0.15) is 13.2 Å². The summed E-state index contributed by atoms with van der Waals surface area (Å²) in [6.07, 6.45) is -6.10. The van der Waals surface area contributed by atoms with Gasteiger partial charge in [0.15, 0.2) is 0 Å². The second-order valence-corrected chi connectivity index (χ2v) is 8.81. The van der Waals surface area contributed by atoms with E-state index in [-0.39, 0.29) is 18.8 Å². The molecule has 1 aliphatic rings. The number of amides is 2. The Bertz CT molecular complexity index is 1070. The second-order valence-electron chi connectivity index (χ2n) is 8.81. The molecule has 13 nitrogen and oxygen atoms in total. The van der Waals surface area contributed by atoms with Crippen LogP contribution in [-0.2, 0) is 24.0 Å². The minimum atomic E-state index is -5.08. The molecule has 0 bridgehead atoms. The number of alkyl halides is 3. The van der Waals surface area contributed by atoms with E-state index < -0.39 is 47.9 Å². The first kappa shape index (κ1) is 31.7. The van der Waals surface area contributed by atoms with Crippen molar-refractivity contribution in [3.05, 3.63) is 35.4 Å². The van der Waals surface area contributed by atoms with E-state index in [2.05, 4.69) is 15.8 Å². The van der Waals surface area contributed by atoms with Crippen LogP contribution < -0.4 is 16.4 Å². The van der Waals surface area contributed by atoms with Crippen LogP contribution in [0.3, 0.4) is 0 Å². The van der Waals surface area contributed by atoms with Crippen LogP contribution in [0.15, 0.2) is 29.4 Å². The van der Waals surface area contributed by atoms with Crippen molar-refractivity contribution in [1.29, 1.82) is 5.41 Å². The largest absolute Gasteiger partial charge is 0.490 e. The maximum Gasteiger partial charge on any atom is 0.490 e. The molecule has 1 heterocycles. The number of carbonyl (C=O) groups is 4. The number of halogens is 3. The lowest BCUT2D eigenvalue weighted by molar-refractivity contribution is -0.192. The lowest BCUT2D eigenvalue weighted by Gasteiger charge is -2.22. The van der Waals surface area contributed by atoms with Gasteiger partial charge in [-0.3, -0.25) is 10.2 Å². The summed E-state index contributed by atoms with van der Waals surface area (Å²) in [4.78, 5) is 49.5. The first-order valence-electron chi connectivity index (χ1n) is 10.9. The fourth-order valence-electron chi connectivity index (χ4n) is 2.70. The SMILES string of the molecule is CC(C)(C)OC(=O)N[C@@H](CNC(=O)CC1CC(c2ccc(C(=N)N)cc2)=NO1)C(=O)O.O=C(O)C(F)(F)F. The molecule has 0 radical (unpaired) electrons. The van der Waals surface area contributed by atoms with Gasteiger partial charge in [-0.1, -0.05) is 29.4 Å². The molecule has 0 spiro atoms. The standard InChI is InChI=1S/C20H27N5O6.C2HF3O2/c1-20(2,3)30-19(29)24-15(18(27)28)10-23-16(26)9-13-8-14(25-31-13)11-4-6-12(7-5-11)17(21)22;3-2(4,5)1(6)7/h4-7,13,15H,8-10H2,1-3H3,(H3,21,22)(H,23,26)(H,24,29)(H,27,28);(H,6,7)/t13?,15-;/m0./s1. The van der Waals surface area contributed by atoms with Crippen LogP contribution in [0, 0.1) is 5.41 Å². The Balaban J connectivity index is 0.000000905. The van der Waals surface area contributed by atoms with Gasteiger partial charge in [0, 0.05) is 18.5 Å². The van der Waals surface area contributed by atoms with Gasteiger partial charge in [0.1, 0.15) is 23.6 Å². The minimum Gasteiger partial charge on any atom is -0.480 e. The lowest BCUT2D eigenvalue weighted by atomic mass is 10.0.